The van der Waals surface area contributed by atoms with E-state index in [0.717, 1.165) is 11.3 Å². The van der Waals surface area contributed by atoms with Gasteiger partial charge in [-0.25, -0.2) is 17.9 Å². The zero-order valence-corrected chi connectivity index (χ0v) is 21.9. The predicted octanol–water partition coefficient (Wildman–Crippen LogP) is 6.69. The Labute approximate surface area is 214 Å². The molecule has 5 heteroatoms. The summed E-state index contributed by atoms with van der Waals surface area (Å²) < 4.78 is 28.0. The normalized spacial score (nSPS) is 17.8. The van der Waals surface area contributed by atoms with Gasteiger partial charge >= 0.3 is 0 Å². The average molecular weight is 496 g/mol. The van der Waals surface area contributed by atoms with Crippen LogP contribution in [0.2, 0.25) is 0 Å². The van der Waals surface area contributed by atoms with Gasteiger partial charge in [0, 0.05) is 17.4 Å². The van der Waals surface area contributed by atoms with Crippen LogP contribution in [0.15, 0.2) is 102 Å². The van der Waals surface area contributed by atoms with Crippen molar-refractivity contribution in [3.63, 3.8) is 0 Å². The van der Waals surface area contributed by atoms with Gasteiger partial charge in [0.1, 0.15) is 16.3 Å². The third-order valence-electron chi connectivity index (χ3n) is 6.87. The second-order valence-corrected chi connectivity index (χ2v) is 11.6. The molecule has 0 saturated heterocycles. The monoisotopic (exact) mass is 495 g/mol. The highest BCUT2D eigenvalue weighted by Crippen LogP contribution is 2.47. The molecule has 0 aliphatic carbocycles. The van der Waals surface area contributed by atoms with Crippen molar-refractivity contribution in [3.05, 3.63) is 125 Å². The van der Waals surface area contributed by atoms with Gasteiger partial charge in [-0.15, -0.1) is 0 Å². The average Bonchev–Trinajstić information content (AvgIpc) is 3.24. The van der Waals surface area contributed by atoms with E-state index in [0.29, 0.717) is 10.6 Å². The number of anilines is 1. The lowest BCUT2D eigenvalue weighted by Gasteiger charge is -2.25. The minimum Gasteiger partial charge on any atom is -0.224 e. The molecule has 4 aromatic rings. The largest absolute Gasteiger partial charge is 0.245 e. The lowest BCUT2D eigenvalue weighted by molar-refractivity contribution is -0.482. The Balaban J connectivity index is 1.83. The maximum Gasteiger partial charge on any atom is 0.245 e. The zero-order valence-electron chi connectivity index (χ0n) is 21.1. The summed E-state index contributed by atoms with van der Waals surface area (Å²) in [6.45, 7) is 6.42. The first kappa shape index (κ1) is 24.0. The summed E-state index contributed by atoms with van der Waals surface area (Å²) in [5.41, 5.74) is 7.72. The molecule has 0 fully saturated rings. The Kier molecular flexibility index (Phi) is 6.27. The highest BCUT2D eigenvalue weighted by Gasteiger charge is 2.47. The van der Waals surface area contributed by atoms with Crippen molar-refractivity contribution in [2.24, 2.45) is 0 Å². The minimum absolute atomic E-state index is 0.0682. The van der Waals surface area contributed by atoms with Crippen molar-refractivity contribution in [2.75, 3.05) is 11.2 Å². The minimum atomic E-state index is -3.44. The number of hydrogen-bond acceptors (Lipinski definition) is 3. The Bertz CT molecular complexity index is 1520. The van der Waals surface area contributed by atoms with Crippen LogP contribution in [-0.2, 0) is 9.84 Å². The number of nitrogens with zero attached hydrogens (tertiary/aromatic N) is 2. The summed E-state index contributed by atoms with van der Waals surface area (Å²) in [6, 6.07) is 32.3. The Morgan fingerprint density at radius 2 is 1.25 bits per heavy atom. The molecule has 2 atom stereocenters. The van der Waals surface area contributed by atoms with Crippen LogP contribution in [0.3, 0.4) is 0 Å². The quantitative estimate of drug-likeness (QED) is 0.290. The van der Waals surface area contributed by atoms with Crippen LogP contribution >= 0.6 is 0 Å². The van der Waals surface area contributed by atoms with Crippen molar-refractivity contribution in [2.45, 2.75) is 37.8 Å². The van der Waals surface area contributed by atoms with E-state index in [1.54, 1.807) is 12.1 Å². The van der Waals surface area contributed by atoms with Crippen LogP contribution < -0.4 is 4.90 Å². The van der Waals surface area contributed by atoms with Gasteiger partial charge < -0.3 is 0 Å². The molecule has 0 bridgehead atoms. The maximum atomic E-state index is 12.8. The third kappa shape index (κ3) is 4.35. The lowest BCUT2D eigenvalue weighted by atomic mass is 9.91. The summed E-state index contributed by atoms with van der Waals surface area (Å²) in [7, 11) is -3.44. The van der Waals surface area contributed by atoms with Gasteiger partial charge in [-0.1, -0.05) is 90.5 Å². The molecule has 0 unspecified atom stereocenters. The number of rotatable bonds is 5. The smallest absolute Gasteiger partial charge is 0.224 e. The van der Waals surface area contributed by atoms with Gasteiger partial charge in [0.25, 0.3) is 0 Å². The molecule has 1 heterocycles. The van der Waals surface area contributed by atoms with Crippen LogP contribution in [0.5, 0.6) is 0 Å². The second kappa shape index (κ2) is 9.40. The molecule has 0 N–H and O–H groups in total. The molecule has 36 heavy (non-hydrogen) atoms. The van der Waals surface area contributed by atoms with Crippen LogP contribution in [0.1, 0.15) is 39.9 Å². The van der Waals surface area contributed by atoms with Gasteiger partial charge in [-0.3, -0.25) is 0 Å². The maximum absolute atomic E-state index is 12.8. The van der Waals surface area contributed by atoms with Crippen molar-refractivity contribution in [1.82, 2.24) is 0 Å². The van der Waals surface area contributed by atoms with E-state index in [-0.39, 0.29) is 12.1 Å². The van der Waals surface area contributed by atoms with Crippen molar-refractivity contribution >= 4 is 27.6 Å². The molecule has 4 nitrogen and oxygen atoms in total. The van der Waals surface area contributed by atoms with E-state index in [9.17, 15) is 8.42 Å². The summed E-state index contributed by atoms with van der Waals surface area (Å²) in [4.78, 5) is 2.47. The topological polar surface area (TPSA) is 40.4 Å². The molecule has 5 rings (SSSR count). The molecule has 0 aromatic heterocycles. The van der Waals surface area contributed by atoms with Crippen LogP contribution in [0.4, 0.5) is 11.4 Å². The molecule has 0 radical (unpaired) electrons. The van der Waals surface area contributed by atoms with Crippen LogP contribution in [0, 0.1) is 20.8 Å². The Morgan fingerprint density at radius 1 is 0.722 bits per heavy atom. The van der Waals surface area contributed by atoms with Gasteiger partial charge in [0.15, 0.2) is 21.9 Å². The molecule has 1 aliphatic heterocycles. The summed E-state index contributed by atoms with van der Waals surface area (Å²) in [5.74, 6) is 0. The van der Waals surface area contributed by atoms with Crippen molar-refractivity contribution in [1.29, 1.82) is 0 Å². The SMILES string of the molecule is Cc1cc(C)c([N+]2=CN(c3ccccc3S(C)(=O)=O)[C@@H](c3ccccc3)[C@@H]2c2ccccc2)c(C)c1. The number of benzene rings is 4. The second-order valence-electron chi connectivity index (χ2n) is 9.63. The van der Waals surface area contributed by atoms with Crippen LogP contribution in [0.25, 0.3) is 0 Å². The summed E-state index contributed by atoms with van der Waals surface area (Å²) >= 11 is 0. The number of para-hydroxylation sites is 1. The number of sulfone groups is 1. The molecular formula is C31H31N2O2S+. The predicted molar refractivity (Wildman–Crippen MR) is 147 cm³/mol. The van der Waals surface area contributed by atoms with E-state index in [1.807, 2.05) is 36.4 Å². The third-order valence-corrected chi connectivity index (χ3v) is 8.01. The Hall–Kier alpha value is -3.70. The van der Waals surface area contributed by atoms with E-state index >= 15 is 0 Å². The first-order valence-corrected chi connectivity index (χ1v) is 14.0. The van der Waals surface area contributed by atoms with Gasteiger partial charge in [-0.2, -0.15) is 0 Å². The molecule has 0 spiro atoms. The summed E-state index contributed by atoms with van der Waals surface area (Å²) in [6.07, 6.45) is 3.38. The molecule has 0 saturated carbocycles. The van der Waals surface area contributed by atoms with Gasteiger partial charge in [-0.05, 0) is 44.0 Å². The molecule has 0 amide bonds. The highest BCUT2D eigenvalue weighted by molar-refractivity contribution is 7.90. The summed E-state index contributed by atoms with van der Waals surface area (Å²) in [5, 5.41) is 0. The molecule has 4 aromatic carbocycles. The Morgan fingerprint density at radius 3 is 1.83 bits per heavy atom. The van der Waals surface area contributed by atoms with E-state index in [1.165, 1.54) is 28.5 Å². The molecular weight excluding hydrogens is 464 g/mol. The number of hydrogen-bond donors (Lipinski definition) is 0. The number of aryl methyl sites for hydroxylation is 3. The molecule has 182 valence electrons. The van der Waals surface area contributed by atoms with E-state index in [2.05, 4.69) is 85.1 Å². The van der Waals surface area contributed by atoms with Crippen molar-refractivity contribution < 1.29 is 13.0 Å². The van der Waals surface area contributed by atoms with E-state index < -0.39 is 9.84 Å². The highest BCUT2D eigenvalue weighted by atomic mass is 32.2. The van der Waals surface area contributed by atoms with E-state index in [4.69, 9.17) is 0 Å². The lowest BCUT2D eigenvalue weighted by Crippen LogP contribution is -2.27. The first-order valence-electron chi connectivity index (χ1n) is 12.1. The standard InChI is InChI=1S/C31H31N2O2S/c1-22-19-23(2)29(24(3)20-22)33-21-32(27-17-11-12-18-28(27)36(4,34)35)30(25-13-7-5-8-14-25)31(33)26-15-9-6-10-16-26/h5-21,30-31H,1-4H3/q+1/t30-,31-/m0/s1. The fourth-order valence-corrected chi connectivity index (χ4v) is 6.42. The fraction of sp³-hybridized carbons (Fsp3) is 0.194. The fourth-order valence-electron chi connectivity index (χ4n) is 5.54. The molecule has 1 aliphatic rings. The zero-order chi connectivity index (χ0) is 25.4. The first-order chi connectivity index (χ1) is 17.3. The van der Waals surface area contributed by atoms with Gasteiger partial charge in [0.2, 0.25) is 6.34 Å². The van der Waals surface area contributed by atoms with Crippen molar-refractivity contribution in [3.8, 4) is 0 Å². The van der Waals surface area contributed by atoms with Crippen LogP contribution in [-0.4, -0.2) is 25.6 Å². The van der Waals surface area contributed by atoms with Gasteiger partial charge in [0.05, 0.1) is 0 Å².